The zero-order chi connectivity index (χ0) is 17.3. The number of carbonyl (C=O) groups is 2. The summed E-state index contributed by atoms with van der Waals surface area (Å²) < 4.78 is 0. The molecule has 1 N–H and O–H groups in total. The van der Waals surface area contributed by atoms with E-state index >= 15 is 0 Å². The summed E-state index contributed by atoms with van der Waals surface area (Å²) in [6, 6.07) is 0. The Morgan fingerprint density at radius 1 is 1.04 bits per heavy atom. The number of carbonyl (C=O) groups excluding carboxylic acids is 2. The number of Topliss-reactive ketones (excluding diaryl/α,β-unsaturated/α-hetero) is 1. The molecule has 0 spiro atoms. The standard InChI is InChI=1S/C21H32O3/c1-19-11-13(12-22)18(23)10-14(19)4-5-15-16(19)6-8-20(2)17(15)7-9-21(20,3)24/h12-17,24H,4-11H2,1-3H3/t13?,14-,15+,16?,17-,19-,20-,21-/m0/s1. The highest BCUT2D eigenvalue weighted by molar-refractivity contribution is 5.94. The average Bonchev–Trinajstić information content (AvgIpc) is 2.77. The lowest BCUT2D eigenvalue weighted by atomic mass is 9.44. The molecule has 0 aromatic heterocycles. The van der Waals surface area contributed by atoms with Crippen molar-refractivity contribution in [2.75, 3.05) is 0 Å². The zero-order valence-corrected chi connectivity index (χ0v) is 15.4. The Morgan fingerprint density at radius 2 is 1.75 bits per heavy atom. The van der Waals surface area contributed by atoms with Gasteiger partial charge < -0.3 is 9.90 Å². The van der Waals surface area contributed by atoms with Crippen molar-refractivity contribution in [3.8, 4) is 0 Å². The maximum absolute atomic E-state index is 12.2. The van der Waals surface area contributed by atoms with Crippen LogP contribution in [0.4, 0.5) is 0 Å². The molecule has 4 rings (SSSR count). The molecule has 3 nitrogen and oxygen atoms in total. The summed E-state index contributed by atoms with van der Waals surface area (Å²) in [6.45, 7) is 6.73. The number of rotatable bonds is 1. The van der Waals surface area contributed by atoms with Crippen molar-refractivity contribution >= 4 is 12.1 Å². The van der Waals surface area contributed by atoms with Crippen LogP contribution in [0.5, 0.6) is 0 Å². The van der Waals surface area contributed by atoms with Crippen molar-refractivity contribution in [1.29, 1.82) is 0 Å². The molecule has 4 aliphatic carbocycles. The fourth-order valence-electron chi connectivity index (χ4n) is 7.54. The maximum atomic E-state index is 12.2. The average molecular weight is 332 g/mol. The van der Waals surface area contributed by atoms with E-state index in [0.29, 0.717) is 30.1 Å². The summed E-state index contributed by atoms with van der Waals surface area (Å²) in [4.78, 5) is 23.6. The van der Waals surface area contributed by atoms with Crippen LogP contribution in [0.15, 0.2) is 0 Å². The van der Waals surface area contributed by atoms with Crippen molar-refractivity contribution < 1.29 is 14.7 Å². The van der Waals surface area contributed by atoms with Crippen LogP contribution in [0.25, 0.3) is 0 Å². The van der Waals surface area contributed by atoms with E-state index < -0.39 is 5.60 Å². The van der Waals surface area contributed by atoms with Gasteiger partial charge in [-0.1, -0.05) is 13.8 Å². The van der Waals surface area contributed by atoms with Crippen molar-refractivity contribution in [1.82, 2.24) is 0 Å². The Balaban J connectivity index is 1.66. The van der Waals surface area contributed by atoms with E-state index in [0.717, 1.165) is 44.8 Å². The summed E-state index contributed by atoms with van der Waals surface area (Å²) >= 11 is 0. The van der Waals surface area contributed by atoms with Gasteiger partial charge in [0.25, 0.3) is 0 Å². The Hall–Kier alpha value is -0.700. The maximum Gasteiger partial charge on any atom is 0.143 e. The molecule has 0 aromatic carbocycles. The number of hydrogen-bond acceptors (Lipinski definition) is 3. The van der Waals surface area contributed by atoms with Gasteiger partial charge in [-0.3, -0.25) is 4.79 Å². The molecular weight excluding hydrogens is 300 g/mol. The van der Waals surface area contributed by atoms with Crippen molar-refractivity contribution in [2.24, 2.45) is 40.4 Å². The largest absolute Gasteiger partial charge is 0.390 e. The zero-order valence-electron chi connectivity index (χ0n) is 15.4. The van der Waals surface area contributed by atoms with Crippen molar-refractivity contribution in [3.05, 3.63) is 0 Å². The Kier molecular flexibility index (Phi) is 3.60. The third-order valence-corrected chi connectivity index (χ3v) is 9.31. The smallest absolute Gasteiger partial charge is 0.143 e. The van der Waals surface area contributed by atoms with Gasteiger partial charge in [-0.2, -0.15) is 0 Å². The molecule has 0 aromatic rings. The first kappa shape index (κ1) is 16.8. The lowest BCUT2D eigenvalue weighted by molar-refractivity contribution is -0.159. The van der Waals surface area contributed by atoms with E-state index in [-0.39, 0.29) is 22.5 Å². The summed E-state index contributed by atoms with van der Waals surface area (Å²) in [5.74, 6) is 2.17. The number of aliphatic hydroxyl groups is 1. The van der Waals surface area contributed by atoms with Gasteiger partial charge in [0.1, 0.15) is 12.1 Å². The minimum absolute atomic E-state index is 0.0475. The molecule has 134 valence electrons. The minimum atomic E-state index is -0.533. The summed E-state index contributed by atoms with van der Waals surface area (Å²) in [7, 11) is 0. The molecule has 0 amide bonds. The van der Waals surface area contributed by atoms with Crippen LogP contribution < -0.4 is 0 Å². The Labute approximate surface area is 145 Å². The van der Waals surface area contributed by atoms with Crippen LogP contribution in [0, 0.1) is 40.4 Å². The van der Waals surface area contributed by atoms with Gasteiger partial charge in [0.15, 0.2) is 0 Å². The highest BCUT2D eigenvalue weighted by atomic mass is 16.3. The second-order valence-corrected chi connectivity index (χ2v) is 10.0. The van der Waals surface area contributed by atoms with Gasteiger partial charge >= 0.3 is 0 Å². The highest BCUT2D eigenvalue weighted by Crippen LogP contribution is 2.68. The first-order valence-corrected chi connectivity index (χ1v) is 9.93. The van der Waals surface area contributed by atoms with Gasteiger partial charge in [0.05, 0.1) is 11.5 Å². The van der Waals surface area contributed by atoms with Crippen LogP contribution >= 0.6 is 0 Å². The van der Waals surface area contributed by atoms with E-state index in [4.69, 9.17) is 0 Å². The number of aldehydes is 1. The van der Waals surface area contributed by atoms with E-state index in [9.17, 15) is 14.7 Å². The number of fused-ring (bicyclic) bond motifs is 5. The topological polar surface area (TPSA) is 54.4 Å². The molecule has 4 fully saturated rings. The predicted octanol–water partition coefficient (Wildman–Crippen LogP) is 3.77. The normalized spacial score (nSPS) is 57.0. The fourth-order valence-corrected chi connectivity index (χ4v) is 7.54. The van der Waals surface area contributed by atoms with Crippen LogP contribution in [0.3, 0.4) is 0 Å². The number of ketones is 1. The van der Waals surface area contributed by atoms with Crippen LogP contribution in [0.2, 0.25) is 0 Å². The quantitative estimate of drug-likeness (QED) is 0.587. The second-order valence-electron chi connectivity index (χ2n) is 10.0. The molecule has 0 bridgehead atoms. The van der Waals surface area contributed by atoms with Crippen LogP contribution in [-0.2, 0) is 9.59 Å². The van der Waals surface area contributed by atoms with Gasteiger partial charge in [0, 0.05) is 6.42 Å². The minimum Gasteiger partial charge on any atom is -0.390 e. The molecule has 8 atom stereocenters. The van der Waals surface area contributed by atoms with Crippen molar-refractivity contribution in [2.45, 2.75) is 77.7 Å². The van der Waals surface area contributed by atoms with Gasteiger partial charge in [-0.15, -0.1) is 0 Å². The second kappa shape index (κ2) is 5.16. The van der Waals surface area contributed by atoms with Gasteiger partial charge in [-0.05, 0) is 86.4 Å². The van der Waals surface area contributed by atoms with Crippen LogP contribution in [-0.4, -0.2) is 22.8 Å². The predicted molar refractivity (Wildman–Crippen MR) is 92.3 cm³/mol. The third-order valence-electron chi connectivity index (χ3n) is 9.31. The van der Waals surface area contributed by atoms with E-state index in [1.807, 2.05) is 6.92 Å². The molecule has 0 saturated heterocycles. The van der Waals surface area contributed by atoms with Gasteiger partial charge in [0.2, 0.25) is 0 Å². The van der Waals surface area contributed by atoms with E-state index in [1.165, 1.54) is 6.42 Å². The summed E-state index contributed by atoms with van der Waals surface area (Å²) in [5, 5.41) is 11.0. The lowest BCUT2D eigenvalue weighted by Crippen LogP contribution is -2.57. The van der Waals surface area contributed by atoms with E-state index in [1.54, 1.807) is 0 Å². The lowest BCUT2D eigenvalue weighted by Gasteiger charge is -2.61. The molecular formula is C21H32O3. The molecule has 3 heteroatoms. The molecule has 4 aliphatic rings. The SMILES string of the molecule is C[C@]1(O)CC[C@H]2[C@@H]3CC[C@H]4CC(=O)C(C=O)C[C@]4(C)C3CC[C@@]21C. The Bertz CT molecular complexity index is 567. The first-order chi connectivity index (χ1) is 11.2. The van der Waals surface area contributed by atoms with E-state index in [2.05, 4.69) is 13.8 Å². The molecule has 4 saturated carbocycles. The third kappa shape index (κ3) is 2.00. The Morgan fingerprint density at radius 3 is 2.46 bits per heavy atom. The monoisotopic (exact) mass is 332 g/mol. The highest BCUT2D eigenvalue weighted by Gasteiger charge is 2.63. The molecule has 24 heavy (non-hydrogen) atoms. The number of hydrogen-bond donors (Lipinski definition) is 1. The van der Waals surface area contributed by atoms with Crippen molar-refractivity contribution in [3.63, 3.8) is 0 Å². The molecule has 2 unspecified atom stereocenters. The fraction of sp³-hybridized carbons (Fsp3) is 0.905. The summed E-state index contributed by atoms with van der Waals surface area (Å²) in [6.07, 6.45) is 8.93. The summed E-state index contributed by atoms with van der Waals surface area (Å²) in [5.41, 5.74) is -0.349. The molecule has 0 aliphatic heterocycles. The molecule has 0 radical (unpaired) electrons. The molecule has 0 heterocycles. The first-order valence-electron chi connectivity index (χ1n) is 9.93. The van der Waals surface area contributed by atoms with Crippen LogP contribution in [0.1, 0.15) is 72.1 Å². The van der Waals surface area contributed by atoms with Gasteiger partial charge in [-0.25, -0.2) is 0 Å².